The van der Waals surface area contributed by atoms with E-state index in [9.17, 15) is 24.0 Å². The van der Waals surface area contributed by atoms with Gasteiger partial charge < -0.3 is 31.1 Å². The Morgan fingerprint density at radius 3 is 2.05 bits per heavy atom. The highest BCUT2D eigenvalue weighted by atomic mass is 32.2. The van der Waals surface area contributed by atoms with Gasteiger partial charge in [-0.2, -0.15) is 11.8 Å². The second kappa shape index (κ2) is 18.4. The molecular weight excluding hydrogens is 743 g/mol. The van der Waals surface area contributed by atoms with Gasteiger partial charge in [0.1, 0.15) is 12.1 Å². The van der Waals surface area contributed by atoms with Gasteiger partial charge in [-0.3, -0.25) is 19.2 Å². The molecule has 0 unspecified atom stereocenters. The molecule has 14 nitrogen and oxygen atoms in total. The predicted octanol–water partition coefficient (Wildman–Crippen LogP) is 6.63. The normalized spacial score (nSPS) is 22.5. The molecule has 3 aromatic rings. The molecule has 57 heavy (non-hydrogen) atoms. The van der Waals surface area contributed by atoms with Crippen molar-refractivity contribution in [3.63, 3.8) is 0 Å². The molecule has 0 radical (unpaired) electrons. The molecule has 0 bridgehead atoms. The van der Waals surface area contributed by atoms with E-state index in [4.69, 9.17) is 5.53 Å². The zero-order valence-electron chi connectivity index (χ0n) is 31.6. The smallest absolute Gasteiger partial charge is 0.315 e. The molecule has 6 amide bonds. The second-order valence-electron chi connectivity index (χ2n) is 14.9. The van der Waals surface area contributed by atoms with E-state index in [0.29, 0.717) is 54.7 Å². The van der Waals surface area contributed by atoms with E-state index >= 15 is 0 Å². The predicted molar refractivity (Wildman–Crippen MR) is 221 cm³/mol. The lowest BCUT2D eigenvalue weighted by Gasteiger charge is -2.24. The summed E-state index contributed by atoms with van der Waals surface area (Å²) in [6.45, 7) is 1.10. The fourth-order valence-corrected chi connectivity index (χ4v) is 9.68. The van der Waals surface area contributed by atoms with E-state index in [1.807, 2.05) is 72.4 Å². The SMILES string of the molecule is [N-]=[N+]=Nc1cccc(CC(=O)N2CCC[C@H]2C(=O)Nc2ccc(C=Cc3ccc(NC(=O)[C@@H]4CCCN4C(=O)CCCC[C@@H]4SC[C@@H]5NC(=O)N[C@@H]54)cc3)cc2)c1. The van der Waals surface area contributed by atoms with E-state index in [-0.39, 0.29) is 48.2 Å². The molecule has 4 aliphatic rings. The molecule has 0 aromatic heterocycles. The zero-order chi connectivity index (χ0) is 39.7. The van der Waals surface area contributed by atoms with Crippen molar-refractivity contribution in [2.45, 2.75) is 87.2 Å². The van der Waals surface area contributed by atoms with Crippen LogP contribution in [-0.4, -0.2) is 87.7 Å². The van der Waals surface area contributed by atoms with Gasteiger partial charge in [-0.05, 0) is 91.1 Å². The zero-order valence-corrected chi connectivity index (χ0v) is 32.5. The molecule has 3 aromatic carbocycles. The lowest BCUT2D eigenvalue weighted by molar-refractivity contribution is -0.136. The van der Waals surface area contributed by atoms with E-state index in [0.717, 1.165) is 54.5 Å². The van der Waals surface area contributed by atoms with Crippen molar-refractivity contribution in [2.24, 2.45) is 5.11 Å². The summed E-state index contributed by atoms with van der Waals surface area (Å²) in [6, 6.07) is 21.1. The number of likely N-dealkylation sites (tertiary alicyclic amines) is 2. The minimum atomic E-state index is -0.558. The summed E-state index contributed by atoms with van der Waals surface area (Å²) in [5.74, 6) is 0.396. The highest BCUT2D eigenvalue weighted by Crippen LogP contribution is 2.33. The molecule has 4 heterocycles. The van der Waals surface area contributed by atoms with Crippen LogP contribution < -0.4 is 21.3 Å². The fourth-order valence-electron chi connectivity index (χ4n) is 8.14. The Labute approximate surface area is 335 Å². The molecule has 0 spiro atoms. The number of nitrogens with one attached hydrogen (secondary N) is 4. The number of rotatable bonds is 14. The Morgan fingerprint density at radius 2 is 1.44 bits per heavy atom. The highest BCUT2D eigenvalue weighted by molar-refractivity contribution is 8.00. The van der Waals surface area contributed by atoms with E-state index < -0.39 is 12.1 Å². The van der Waals surface area contributed by atoms with Crippen LogP contribution in [0.15, 0.2) is 77.9 Å². The molecular formula is C42H47N9O5S. The van der Waals surface area contributed by atoms with Crippen molar-refractivity contribution in [1.82, 2.24) is 20.4 Å². The van der Waals surface area contributed by atoms with Gasteiger partial charge in [0.2, 0.25) is 23.6 Å². The number of amides is 6. The number of hydrogen-bond donors (Lipinski definition) is 4. The van der Waals surface area contributed by atoms with E-state index in [2.05, 4.69) is 31.3 Å². The van der Waals surface area contributed by atoms with Crippen LogP contribution >= 0.6 is 11.8 Å². The van der Waals surface area contributed by atoms with Crippen molar-refractivity contribution in [3.8, 4) is 0 Å². The number of nitrogens with zero attached hydrogens (tertiary/aromatic N) is 5. The van der Waals surface area contributed by atoms with Crippen molar-refractivity contribution < 1.29 is 24.0 Å². The molecule has 4 fully saturated rings. The Balaban J connectivity index is 0.842. The Bertz CT molecular complexity index is 2050. The molecule has 15 heteroatoms. The molecule has 7 rings (SSSR count). The number of urea groups is 1. The summed E-state index contributed by atoms with van der Waals surface area (Å²) >= 11 is 1.88. The minimum absolute atomic E-state index is 0.0209. The third-order valence-corrected chi connectivity index (χ3v) is 12.6. The van der Waals surface area contributed by atoms with Gasteiger partial charge in [0.05, 0.1) is 18.5 Å². The minimum Gasteiger partial charge on any atom is -0.332 e. The number of carbonyl (C=O) groups is 5. The molecule has 0 saturated carbocycles. The van der Waals surface area contributed by atoms with Crippen LogP contribution in [0.2, 0.25) is 0 Å². The summed E-state index contributed by atoms with van der Waals surface area (Å²) in [7, 11) is 0. The van der Waals surface area contributed by atoms with Crippen LogP contribution in [0.1, 0.15) is 68.1 Å². The van der Waals surface area contributed by atoms with Crippen molar-refractivity contribution >= 4 is 70.6 Å². The molecule has 4 N–H and O–H groups in total. The fraction of sp³-hybridized carbons (Fsp3) is 0.405. The second-order valence-corrected chi connectivity index (χ2v) is 16.2. The van der Waals surface area contributed by atoms with Crippen LogP contribution in [0.4, 0.5) is 21.9 Å². The highest BCUT2D eigenvalue weighted by Gasteiger charge is 2.42. The molecule has 0 aliphatic carbocycles. The van der Waals surface area contributed by atoms with Crippen LogP contribution in [0.3, 0.4) is 0 Å². The van der Waals surface area contributed by atoms with Gasteiger partial charge in [0.15, 0.2) is 0 Å². The Morgan fingerprint density at radius 1 is 0.825 bits per heavy atom. The van der Waals surface area contributed by atoms with Crippen LogP contribution in [0.5, 0.6) is 0 Å². The standard InChI is InChI=1S/C42H47N9O5S/c43-49-48-32-7-3-6-29(24-32)25-38(53)51-23-5-9-35(51)41(55)45-31-20-16-28(17-21-31)13-12-27-14-18-30(19-15-27)44-40(54)34-8-4-22-50(34)37(52)11-2-1-10-36-39-33(26-57-36)46-42(56)47-39/h3,6-7,12-21,24,33-36,39H,1-2,4-5,8-11,22-23,25-26H2,(H,44,54)(H,45,55)(H2,46,47,56)/t33-,34-,35-,36-,39-/m0/s1. The topological polar surface area (TPSA) is 189 Å². The average Bonchev–Trinajstić information content (AvgIpc) is 4.03. The van der Waals surface area contributed by atoms with Gasteiger partial charge in [-0.25, -0.2) is 4.79 Å². The number of benzene rings is 3. The van der Waals surface area contributed by atoms with Gasteiger partial charge in [-0.15, -0.1) is 0 Å². The van der Waals surface area contributed by atoms with Crippen LogP contribution in [-0.2, 0) is 25.6 Å². The Kier molecular flexibility index (Phi) is 12.8. The van der Waals surface area contributed by atoms with Gasteiger partial charge in [0.25, 0.3) is 0 Å². The maximum atomic E-state index is 13.3. The molecule has 4 saturated heterocycles. The van der Waals surface area contributed by atoms with Gasteiger partial charge >= 0.3 is 6.03 Å². The third-order valence-electron chi connectivity index (χ3n) is 11.1. The quantitative estimate of drug-likeness (QED) is 0.0354. The average molecular weight is 790 g/mol. The number of carbonyl (C=O) groups excluding carboxylic acids is 5. The summed E-state index contributed by atoms with van der Waals surface area (Å²) in [6.07, 6.45) is 9.85. The summed E-state index contributed by atoms with van der Waals surface area (Å²) in [4.78, 5) is 70.5. The number of anilines is 2. The molecule has 296 valence electrons. The lowest BCUT2D eigenvalue weighted by atomic mass is 10.0. The Hall–Kier alpha value is -5.79. The lowest BCUT2D eigenvalue weighted by Crippen LogP contribution is -2.43. The molecule has 4 aliphatic heterocycles. The van der Waals surface area contributed by atoms with E-state index in [1.165, 1.54) is 0 Å². The van der Waals surface area contributed by atoms with Gasteiger partial charge in [0, 0.05) is 52.5 Å². The molecule has 5 atom stereocenters. The number of thioether (sulfide) groups is 1. The largest absolute Gasteiger partial charge is 0.332 e. The van der Waals surface area contributed by atoms with Crippen molar-refractivity contribution in [3.05, 3.63) is 99.9 Å². The number of fused-ring (bicyclic) bond motifs is 1. The monoisotopic (exact) mass is 789 g/mol. The van der Waals surface area contributed by atoms with Crippen molar-refractivity contribution in [2.75, 3.05) is 29.5 Å². The first-order valence-corrected chi connectivity index (χ1v) is 20.7. The summed E-state index contributed by atoms with van der Waals surface area (Å²) in [5, 5.41) is 15.9. The van der Waals surface area contributed by atoms with Crippen molar-refractivity contribution in [1.29, 1.82) is 0 Å². The number of hydrogen-bond acceptors (Lipinski definition) is 7. The number of azide groups is 1. The third kappa shape index (κ3) is 9.97. The maximum Gasteiger partial charge on any atom is 0.315 e. The van der Waals surface area contributed by atoms with Crippen LogP contribution in [0, 0.1) is 0 Å². The summed E-state index contributed by atoms with van der Waals surface area (Å²) < 4.78 is 0. The first kappa shape index (κ1) is 39.4. The van der Waals surface area contributed by atoms with Gasteiger partial charge in [-0.1, -0.05) is 66.2 Å². The maximum absolute atomic E-state index is 13.3. The summed E-state index contributed by atoms with van der Waals surface area (Å²) in [5.41, 5.74) is 13.0. The first-order chi connectivity index (χ1) is 27.7. The first-order valence-electron chi connectivity index (χ1n) is 19.7. The number of unbranched alkanes of at least 4 members (excludes halogenated alkanes) is 1. The van der Waals surface area contributed by atoms with Crippen LogP contribution in [0.25, 0.3) is 22.6 Å². The van der Waals surface area contributed by atoms with E-state index in [1.54, 1.807) is 34.1 Å².